The van der Waals surface area contributed by atoms with Gasteiger partial charge in [0.05, 0.1) is 0 Å². The lowest BCUT2D eigenvalue weighted by molar-refractivity contribution is 0.0754. The first-order valence-electron chi connectivity index (χ1n) is 8.68. The van der Waals surface area contributed by atoms with Crippen molar-refractivity contribution in [2.24, 2.45) is 11.6 Å². The van der Waals surface area contributed by atoms with E-state index in [4.69, 9.17) is 11.6 Å². The minimum Gasteiger partial charge on any atom is -0.366 e. The number of primary amides is 1. The number of hydrogen-bond acceptors (Lipinski definition) is 4. The summed E-state index contributed by atoms with van der Waals surface area (Å²) in [6.07, 6.45) is 2.90. The fourth-order valence-corrected chi connectivity index (χ4v) is 2.83. The van der Waals surface area contributed by atoms with Crippen molar-refractivity contribution in [1.29, 1.82) is 0 Å². The molecule has 7 heteroatoms. The molecule has 0 fully saturated rings. The SMILES string of the molecule is CCCc1c(C(=O)NN)cc(C(N)=O)cc1C(=O)N(CCC)CCC. The Morgan fingerprint density at radius 1 is 1.00 bits per heavy atom. The van der Waals surface area contributed by atoms with Crippen LogP contribution in [0.2, 0.25) is 0 Å². The molecule has 0 saturated carbocycles. The molecule has 25 heavy (non-hydrogen) atoms. The smallest absolute Gasteiger partial charge is 0.265 e. The Bertz CT molecular complexity index is 637. The molecule has 0 spiro atoms. The normalized spacial score (nSPS) is 10.4. The molecule has 5 N–H and O–H groups in total. The lowest BCUT2D eigenvalue weighted by Crippen LogP contribution is -2.35. The maximum absolute atomic E-state index is 13.1. The van der Waals surface area contributed by atoms with Crippen LogP contribution >= 0.6 is 0 Å². The van der Waals surface area contributed by atoms with Crippen molar-refractivity contribution in [3.05, 3.63) is 34.4 Å². The van der Waals surface area contributed by atoms with Gasteiger partial charge in [-0.3, -0.25) is 19.8 Å². The van der Waals surface area contributed by atoms with Crippen LogP contribution in [-0.4, -0.2) is 35.7 Å². The molecule has 0 aromatic heterocycles. The zero-order valence-corrected chi connectivity index (χ0v) is 15.2. The molecule has 0 aliphatic heterocycles. The number of nitrogens with one attached hydrogen (secondary N) is 1. The summed E-state index contributed by atoms with van der Waals surface area (Å²) in [7, 11) is 0. The second-order valence-corrected chi connectivity index (χ2v) is 5.93. The average Bonchev–Trinajstić information content (AvgIpc) is 2.60. The van der Waals surface area contributed by atoms with E-state index in [1.165, 1.54) is 12.1 Å². The number of hydrazine groups is 1. The van der Waals surface area contributed by atoms with E-state index < -0.39 is 11.8 Å². The summed E-state index contributed by atoms with van der Waals surface area (Å²) in [5, 5.41) is 0. The summed E-state index contributed by atoms with van der Waals surface area (Å²) in [6, 6.07) is 2.89. The molecule has 7 nitrogen and oxygen atoms in total. The van der Waals surface area contributed by atoms with Crippen molar-refractivity contribution in [3.63, 3.8) is 0 Å². The van der Waals surface area contributed by atoms with Crippen LogP contribution in [-0.2, 0) is 6.42 Å². The summed E-state index contributed by atoms with van der Waals surface area (Å²) in [4.78, 5) is 38.6. The standard InChI is InChI=1S/C18H28N4O3/c1-4-7-13-14(17(24)21-20)10-12(16(19)23)11-15(13)18(25)22(8-5-2)9-6-3/h10-11H,4-9,20H2,1-3H3,(H2,19,23)(H,21,24). The average molecular weight is 348 g/mol. The number of nitrogen functional groups attached to an aromatic ring is 1. The van der Waals surface area contributed by atoms with Crippen molar-refractivity contribution in [1.82, 2.24) is 10.3 Å². The predicted octanol–water partition coefficient (Wildman–Crippen LogP) is 1.60. The lowest BCUT2D eigenvalue weighted by atomic mass is 9.92. The van der Waals surface area contributed by atoms with Crippen LogP contribution in [0.5, 0.6) is 0 Å². The number of carbonyl (C=O) groups is 3. The summed E-state index contributed by atoms with van der Waals surface area (Å²) in [6.45, 7) is 7.16. The summed E-state index contributed by atoms with van der Waals surface area (Å²) >= 11 is 0. The van der Waals surface area contributed by atoms with Crippen LogP contribution in [0, 0.1) is 0 Å². The van der Waals surface area contributed by atoms with E-state index in [1.807, 2.05) is 20.8 Å². The number of benzene rings is 1. The van der Waals surface area contributed by atoms with Crippen LogP contribution in [0.1, 0.15) is 76.7 Å². The topological polar surface area (TPSA) is 119 Å². The molecule has 0 radical (unpaired) electrons. The van der Waals surface area contributed by atoms with E-state index in [2.05, 4.69) is 5.43 Å². The Kier molecular flexibility index (Phi) is 8.07. The van der Waals surface area contributed by atoms with Gasteiger partial charge in [0.15, 0.2) is 0 Å². The number of amides is 3. The molecule has 0 heterocycles. The first kappa shape index (κ1) is 20.6. The highest BCUT2D eigenvalue weighted by atomic mass is 16.2. The maximum atomic E-state index is 13.1. The van der Waals surface area contributed by atoms with Crippen LogP contribution in [0.25, 0.3) is 0 Å². The van der Waals surface area contributed by atoms with E-state index >= 15 is 0 Å². The molecule has 0 aliphatic rings. The predicted molar refractivity (Wildman–Crippen MR) is 97.1 cm³/mol. The van der Waals surface area contributed by atoms with Crippen LogP contribution in [0.4, 0.5) is 0 Å². The van der Waals surface area contributed by atoms with Crippen LogP contribution < -0.4 is 17.0 Å². The van der Waals surface area contributed by atoms with E-state index in [0.29, 0.717) is 30.6 Å². The van der Waals surface area contributed by atoms with Gasteiger partial charge >= 0.3 is 0 Å². The van der Waals surface area contributed by atoms with Gasteiger partial charge in [-0.1, -0.05) is 27.2 Å². The first-order chi connectivity index (χ1) is 11.9. The minimum absolute atomic E-state index is 0.120. The van der Waals surface area contributed by atoms with E-state index in [1.54, 1.807) is 4.90 Å². The van der Waals surface area contributed by atoms with Gasteiger partial charge in [-0.2, -0.15) is 0 Å². The summed E-state index contributed by atoms with van der Waals surface area (Å²) < 4.78 is 0. The van der Waals surface area contributed by atoms with E-state index in [0.717, 1.165) is 19.3 Å². The second-order valence-electron chi connectivity index (χ2n) is 5.93. The van der Waals surface area contributed by atoms with Crippen molar-refractivity contribution >= 4 is 17.7 Å². The highest BCUT2D eigenvalue weighted by Crippen LogP contribution is 2.22. The van der Waals surface area contributed by atoms with Gasteiger partial charge in [0.1, 0.15) is 0 Å². The molecular formula is C18H28N4O3. The number of rotatable bonds is 9. The Morgan fingerprint density at radius 2 is 1.56 bits per heavy atom. The van der Waals surface area contributed by atoms with Crippen LogP contribution in [0.3, 0.4) is 0 Å². The molecule has 1 aromatic rings. The van der Waals surface area contributed by atoms with Gasteiger partial charge in [0.25, 0.3) is 11.8 Å². The van der Waals surface area contributed by atoms with E-state index in [9.17, 15) is 14.4 Å². The molecule has 0 unspecified atom stereocenters. The fraction of sp³-hybridized carbons (Fsp3) is 0.500. The van der Waals surface area contributed by atoms with Gasteiger partial charge in [-0.15, -0.1) is 0 Å². The van der Waals surface area contributed by atoms with Gasteiger partial charge in [-0.05, 0) is 37.0 Å². The Morgan fingerprint density at radius 3 is 2.00 bits per heavy atom. The van der Waals surface area contributed by atoms with Crippen molar-refractivity contribution in [2.45, 2.75) is 46.5 Å². The molecule has 0 aliphatic carbocycles. The lowest BCUT2D eigenvalue weighted by Gasteiger charge is -2.24. The zero-order chi connectivity index (χ0) is 19.0. The molecule has 1 rings (SSSR count). The molecule has 0 saturated heterocycles. The van der Waals surface area contributed by atoms with Gasteiger partial charge in [-0.25, -0.2) is 5.84 Å². The van der Waals surface area contributed by atoms with E-state index in [-0.39, 0.29) is 17.0 Å². The molecule has 0 atom stereocenters. The number of hydrogen-bond donors (Lipinski definition) is 3. The van der Waals surface area contributed by atoms with Gasteiger partial charge in [0, 0.05) is 29.8 Å². The molecular weight excluding hydrogens is 320 g/mol. The fourth-order valence-electron chi connectivity index (χ4n) is 2.83. The quantitative estimate of drug-likeness (QED) is 0.357. The molecule has 1 aromatic carbocycles. The number of carbonyl (C=O) groups excluding carboxylic acids is 3. The highest BCUT2D eigenvalue weighted by Gasteiger charge is 2.24. The highest BCUT2D eigenvalue weighted by molar-refractivity contribution is 6.06. The Hall–Kier alpha value is -2.41. The third kappa shape index (κ3) is 5.03. The molecule has 3 amide bonds. The Balaban J connectivity index is 3.57. The van der Waals surface area contributed by atoms with Crippen molar-refractivity contribution in [2.75, 3.05) is 13.1 Å². The summed E-state index contributed by atoms with van der Waals surface area (Å²) in [5.41, 5.74) is 8.74. The first-order valence-corrected chi connectivity index (χ1v) is 8.68. The zero-order valence-electron chi connectivity index (χ0n) is 15.2. The maximum Gasteiger partial charge on any atom is 0.265 e. The van der Waals surface area contributed by atoms with Crippen molar-refractivity contribution in [3.8, 4) is 0 Å². The van der Waals surface area contributed by atoms with Crippen molar-refractivity contribution < 1.29 is 14.4 Å². The number of nitrogens with two attached hydrogens (primary N) is 2. The Labute approximate surface area is 148 Å². The monoisotopic (exact) mass is 348 g/mol. The third-order valence-corrected chi connectivity index (χ3v) is 3.91. The third-order valence-electron chi connectivity index (χ3n) is 3.91. The van der Waals surface area contributed by atoms with Crippen LogP contribution in [0.15, 0.2) is 12.1 Å². The molecule has 0 bridgehead atoms. The second kappa shape index (κ2) is 9.78. The minimum atomic E-state index is -0.694. The number of nitrogens with zero attached hydrogens (tertiary/aromatic N) is 1. The largest absolute Gasteiger partial charge is 0.366 e. The summed E-state index contributed by atoms with van der Waals surface area (Å²) in [5.74, 6) is 3.84. The molecule has 138 valence electrons. The van der Waals surface area contributed by atoms with Gasteiger partial charge in [0.2, 0.25) is 5.91 Å². The van der Waals surface area contributed by atoms with Gasteiger partial charge < -0.3 is 10.6 Å².